The highest BCUT2D eigenvalue weighted by Gasteiger charge is 2.19. The van der Waals surface area contributed by atoms with Gasteiger partial charge in [0.1, 0.15) is 5.52 Å². The zero-order chi connectivity index (χ0) is 36.3. The molecule has 0 aliphatic carbocycles. The van der Waals surface area contributed by atoms with Crippen LogP contribution in [0.4, 0.5) is 17.1 Å². The highest BCUT2D eigenvalue weighted by molar-refractivity contribution is 7.26. The van der Waals surface area contributed by atoms with Crippen molar-refractivity contribution < 1.29 is 4.42 Å². The molecule has 3 nitrogen and oxygen atoms in total. The topological polar surface area (TPSA) is 29.3 Å². The monoisotopic (exact) mass is 720 g/mol. The Hall–Kier alpha value is -7.01. The Morgan fingerprint density at radius 3 is 1.89 bits per heavy atom. The van der Waals surface area contributed by atoms with Gasteiger partial charge in [-0.1, -0.05) is 133 Å². The van der Waals surface area contributed by atoms with E-state index in [2.05, 4.69) is 169 Å². The Bertz CT molecular complexity index is 3190. The fourth-order valence-corrected chi connectivity index (χ4v) is 9.36. The summed E-state index contributed by atoms with van der Waals surface area (Å²) in [5.74, 6) is 0.629. The van der Waals surface area contributed by atoms with Gasteiger partial charge >= 0.3 is 0 Å². The molecule has 9 aromatic carbocycles. The SMILES string of the molecule is c1ccc(-c2nc3ccc4ccc5ccc(N(c6ccccc6)c6ccc(-c7c(-c8ccccc8)ccc8c7sc7ccccc78)cc6)cc5c4c3o2)cc1. The maximum Gasteiger partial charge on any atom is 0.227 e. The van der Waals surface area contributed by atoms with Crippen molar-refractivity contribution in [3.05, 3.63) is 194 Å². The number of anilines is 3. The van der Waals surface area contributed by atoms with Gasteiger partial charge in [-0.15, -0.1) is 11.3 Å². The molecule has 2 heterocycles. The zero-order valence-electron chi connectivity index (χ0n) is 29.7. The van der Waals surface area contributed by atoms with Crippen LogP contribution in [0.25, 0.3) is 86.5 Å². The second-order valence-electron chi connectivity index (χ2n) is 13.9. The van der Waals surface area contributed by atoms with Crippen LogP contribution in [-0.4, -0.2) is 4.98 Å². The van der Waals surface area contributed by atoms with E-state index in [0.717, 1.165) is 55.3 Å². The minimum Gasteiger partial charge on any atom is -0.435 e. The maximum absolute atomic E-state index is 6.57. The van der Waals surface area contributed by atoms with E-state index in [4.69, 9.17) is 9.40 Å². The van der Waals surface area contributed by atoms with Gasteiger partial charge in [0.25, 0.3) is 0 Å². The number of benzene rings is 9. The van der Waals surface area contributed by atoms with E-state index in [0.29, 0.717) is 5.89 Å². The Morgan fingerprint density at radius 2 is 1.09 bits per heavy atom. The molecule has 4 heteroatoms. The van der Waals surface area contributed by atoms with E-state index < -0.39 is 0 Å². The zero-order valence-corrected chi connectivity index (χ0v) is 30.5. The molecule has 0 aliphatic rings. The molecule has 0 amide bonds. The van der Waals surface area contributed by atoms with E-state index in [9.17, 15) is 0 Å². The van der Waals surface area contributed by atoms with Crippen LogP contribution in [0.15, 0.2) is 199 Å². The van der Waals surface area contributed by atoms with Crippen molar-refractivity contribution in [3.8, 4) is 33.7 Å². The summed E-state index contributed by atoms with van der Waals surface area (Å²) < 4.78 is 9.18. The molecule has 0 atom stereocenters. The molecule has 0 saturated carbocycles. The third-order valence-corrected chi connectivity index (χ3v) is 11.9. The van der Waals surface area contributed by atoms with Crippen molar-refractivity contribution in [1.82, 2.24) is 4.98 Å². The molecule has 11 rings (SSSR count). The summed E-state index contributed by atoms with van der Waals surface area (Å²) in [4.78, 5) is 7.25. The summed E-state index contributed by atoms with van der Waals surface area (Å²) in [6.07, 6.45) is 0. The number of oxazole rings is 1. The predicted octanol–water partition coefficient (Wildman–Crippen LogP) is 15.0. The summed E-state index contributed by atoms with van der Waals surface area (Å²) in [5, 5.41) is 7.06. The molecule has 55 heavy (non-hydrogen) atoms. The van der Waals surface area contributed by atoms with Crippen LogP contribution in [0.2, 0.25) is 0 Å². The van der Waals surface area contributed by atoms with Gasteiger partial charge in [-0.2, -0.15) is 0 Å². The number of thiophene rings is 1. The van der Waals surface area contributed by atoms with Gasteiger partial charge < -0.3 is 9.32 Å². The standard InChI is InChI=1S/C51H32N2OS/c1-4-12-33(13-5-1)41-29-30-43-42-18-10-11-19-46(42)55-50(43)48(41)36-23-26-39(27-24-36)53(38-16-8-3-9-17-38)40-28-22-34-20-21-35-25-31-45-49(47(35)44(34)32-40)54-51(52-45)37-14-6-2-7-15-37/h1-32H. The molecule has 11 aromatic rings. The molecule has 0 unspecified atom stereocenters. The number of rotatable bonds is 6. The molecule has 0 aliphatic heterocycles. The van der Waals surface area contributed by atoms with Crippen molar-refractivity contribution in [3.63, 3.8) is 0 Å². The number of fused-ring (bicyclic) bond motifs is 8. The summed E-state index contributed by atoms with van der Waals surface area (Å²) in [5.41, 5.74) is 10.8. The highest BCUT2D eigenvalue weighted by atomic mass is 32.1. The Balaban J connectivity index is 1.08. The number of hydrogen-bond acceptors (Lipinski definition) is 4. The molecular formula is C51H32N2OS. The van der Waals surface area contributed by atoms with Crippen molar-refractivity contribution in [2.45, 2.75) is 0 Å². The van der Waals surface area contributed by atoms with Crippen molar-refractivity contribution in [2.24, 2.45) is 0 Å². The number of hydrogen-bond donors (Lipinski definition) is 0. The first-order chi connectivity index (χ1) is 27.3. The molecule has 2 aromatic heterocycles. The smallest absolute Gasteiger partial charge is 0.227 e. The lowest BCUT2D eigenvalue weighted by Crippen LogP contribution is -2.09. The summed E-state index contributed by atoms with van der Waals surface area (Å²) >= 11 is 1.88. The first-order valence-corrected chi connectivity index (χ1v) is 19.4. The summed E-state index contributed by atoms with van der Waals surface area (Å²) in [6.45, 7) is 0. The molecule has 0 N–H and O–H groups in total. The summed E-state index contributed by atoms with van der Waals surface area (Å²) in [7, 11) is 0. The fourth-order valence-electron chi connectivity index (χ4n) is 8.09. The van der Waals surface area contributed by atoms with Crippen LogP contribution < -0.4 is 4.90 Å². The van der Waals surface area contributed by atoms with Gasteiger partial charge in [-0.25, -0.2) is 4.98 Å². The Labute approximate surface area is 322 Å². The molecule has 0 radical (unpaired) electrons. The van der Waals surface area contributed by atoms with Gasteiger partial charge in [0, 0.05) is 53.7 Å². The van der Waals surface area contributed by atoms with Gasteiger partial charge in [0.05, 0.1) is 0 Å². The van der Waals surface area contributed by atoms with Crippen LogP contribution in [-0.2, 0) is 0 Å². The average molecular weight is 721 g/mol. The first kappa shape index (κ1) is 31.5. The van der Waals surface area contributed by atoms with Gasteiger partial charge in [0.2, 0.25) is 5.89 Å². The van der Waals surface area contributed by atoms with Crippen LogP contribution in [0.5, 0.6) is 0 Å². The van der Waals surface area contributed by atoms with Crippen molar-refractivity contribution >= 4 is 81.2 Å². The van der Waals surface area contributed by atoms with Crippen LogP contribution in [0.3, 0.4) is 0 Å². The lowest BCUT2D eigenvalue weighted by molar-refractivity contribution is 0.623. The minimum absolute atomic E-state index is 0.629. The first-order valence-electron chi connectivity index (χ1n) is 18.5. The third kappa shape index (κ3) is 5.30. The van der Waals surface area contributed by atoms with E-state index in [-0.39, 0.29) is 0 Å². The quantitative estimate of drug-likeness (QED) is 0.160. The lowest BCUT2D eigenvalue weighted by Gasteiger charge is -2.26. The highest BCUT2D eigenvalue weighted by Crippen LogP contribution is 2.46. The fraction of sp³-hybridized carbons (Fsp3) is 0. The molecule has 0 saturated heterocycles. The molecule has 0 spiro atoms. The minimum atomic E-state index is 0.629. The normalized spacial score (nSPS) is 11.6. The molecule has 258 valence electrons. The van der Waals surface area contributed by atoms with E-state index in [1.165, 1.54) is 42.4 Å². The number of nitrogens with zero attached hydrogens (tertiary/aromatic N) is 2. The summed E-state index contributed by atoms with van der Waals surface area (Å²) in [6, 6.07) is 69.2. The van der Waals surface area contributed by atoms with Crippen LogP contribution in [0, 0.1) is 0 Å². The Morgan fingerprint density at radius 1 is 0.455 bits per heavy atom. The second kappa shape index (κ2) is 12.8. The maximum atomic E-state index is 6.57. The van der Waals surface area contributed by atoms with E-state index >= 15 is 0 Å². The largest absolute Gasteiger partial charge is 0.435 e. The van der Waals surface area contributed by atoms with Crippen molar-refractivity contribution in [2.75, 3.05) is 4.90 Å². The van der Waals surface area contributed by atoms with Gasteiger partial charge in [0.15, 0.2) is 5.58 Å². The predicted molar refractivity (Wildman–Crippen MR) is 233 cm³/mol. The molecule has 0 fully saturated rings. The van der Waals surface area contributed by atoms with Gasteiger partial charge in [-0.05, 0) is 93.5 Å². The van der Waals surface area contributed by atoms with Crippen LogP contribution in [0.1, 0.15) is 0 Å². The second-order valence-corrected chi connectivity index (χ2v) is 15.0. The molecule has 0 bridgehead atoms. The molecular weight excluding hydrogens is 689 g/mol. The van der Waals surface area contributed by atoms with E-state index in [1.54, 1.807) is 0 Å². The van der Waals surface area contributed by atoms with Gasteiger partial charge in [-0.3, -0.25) is 0 Å². The number of para-hydroxylation sites is 1. The third-order valence-electron chi connectivity index (χ3n) is 10.7. The van der Waals surface area contributed by atoms with E-state index in [1.807, 2.05) is 41.7 Å². The van der Waals surface area contributed by atoms with Crippen LogP contribution >= 0.6 is 11.3 Å². The average Bonchev–Trinajstić information content (AvgIpc) is 3.87. The van der Waals surface area contributed by atoms with Crippen molar-refractivity contribution in [1.29, 1.82) is 0 Å². The lowest BCUT2D eigenvalue weighted by atomic mass is 9.92. The number of aromatic nitrogens is 1. The Kier molecular flexibility index (Phi) is 7.35.